The van der Waals surface area contributed by atoms with Crippen LogP contribution in [0.5, 0.6) is 0 Å². The summed E-state index contributed by atoms with van der Waals surface area (Å²) in [6.07, 6.45) is 1.03. The first-order valence-corrected chi connectivity index (χ1v) is 7.99. The lowest BCUT2D eigenvalue weighted by molar-refractivity contribution is -0.137. The third-order valence-electron chi connectivity index (χ3n) is 4.29. The molecule has 5 nitrogen and oxygen atoms in total. The Hall–Kier alpha value is -2.61. The zero-order valence-electron chi connectivity index (χ0n) is 13.3. The number of hydrogen-bond acceptors (Lipinski definition) is 4. The predicted molar refractivity (Wildman–Crippen MR) is 88.5 cm³/mol. The van der Waals surface area contributed by atoms with Gasteiger partial charge in [-0.25, -0.2) is 9.97 Å². The van der Waals surface area contributed by atoms with E-state index in [2.05, 4.69) is 15.2 Å². The van der Waals surface area contributed by atoms with E-state index < -0.39 is 11.7 Å². The van der Waals surface area contributed by atoms with Gasteiger partial charge >= 0.3 is 6.18 Å². The number of benzene rings is 1. The van der Waals surface area contributed by atoms with E-state index in [1.807, 2.05) is 16.8 Å². The number of nitrogens with zero attached hydrogens (tertiary/aromatic N) is 4. The Bertz CT molecular complexity index is 879. The third-order valence-corrected chi connectivity index (χ3v) is 4.29. The van der Waals surface area contributed by atoms with Crippen molar-refractivity contribution in [2.24, 2.45) is 0 Å². The number of halogens is 3. The average Bonchev–Trinajstić information content (AvgIpc) is 3.09. The van der Waals surface area contributed by atoms with Crippen molar-refractivity contribution in [2.75, 3.05) is 31.1 Å². The fourth-order valence-corrected chi connectivity index (χ4v) is 2.98. The van der Waals surface area contributed by atoms with Crippen molar-refractivity contribution >= 4 is 11.5 Å². The number of alkyl halides is 3. The van der Waals surface area contributed by atoms with Gasteiger partial charge in [0.1, 0.15) is 11.5 Å². The molecule has 0 spiro atoms. The molecule has 130 valence electrons. The summed E-state index contributed by atoms with van der Waals surface area (Å²) in [5, 5.41) is 3.29. The van der Waals surface area contributed by atoms with Gasteiger partial charge in [-0.2, -0.15) is 13.2 Å². The molecule has 3 heterocycles. The molecule has 3 aromatic rings. The summed E-state index contributed by atoms with van der Waals surface area (Å²) in [6, 6.07) is 5.05. The van der Waals surface area contributed by atoms with Crippen LogP contribution in [0.15, 0.2) is 42.9 Å². The van der Waals surface area contributed by atoms with Gasteiger partial charge < -0.3 is 14.6 Å². The molecule has 0 radical (unpaired) electrons. The second kappa shape index (κ2) is 6.03. The fourth-order valence-electron chi connectivity index (χ4n) is 2.98. The lowest BCUT2D eigenvalue weighted by Crippen LogP contribution is -2.44. The zero-order chi connectivity index (χ0) is 17.4. The van der Waals surface area contributed by atoms with E-state index in [-0.39, 0.29) is 0 Å². The van der Waals surface area contributed by atoms with Gasteiger partial charge in [-0.1, -0.05) is 12.1 Å². The van der Waals surface area contributed by atoms with Crippen LogP contribution in [0.3, 0.4) is 0 Å². The minimum atomic E-state index is -4.35. The number of rotatable bonds is 2. The van der Waals surface area contributed by atoms with Crippen molar-refractivity contribution in [2.45, 2.75) is 6.18 Å². The molecule has 1 saturated heterocycles. The highest BCUT2D eigenvalue weighted by molar-refractivity contribution is 5.75. The molecule has 1 aliphatic rings. The number of fused-ring (bicyclic) bond motifs is 1. The monoisotopic (exact) mass is 347 g/mol. The maximum atomic E-state index is 12.8. The second-order valence-corrected chi connectivity index (χ2v) is 5.92. The summed E-state index contributed by atoms with van der Waals surface area (Å²) in [7, 11) is 0. The normalized spacial score (nSPS) is 15.7. The highest BCUT2D eigenvalue weighted by atomic mass is 19.4. The van der Waals surface area contributed by atoms with Gasteiger partial charge in [0.05, 0.1) is 11.8 Å². The zero-order valence-corrected chi connectivity index (χ0v) is 13.3. The smallest absolute Gasteiger partial charge is 0.353 e. The molecule has 25 heavy (non-hydrogen) atoms. The largest absolute Gasteiger partial charge is 0.416 e. The second-order valence-electron chi connectivity index (χ2n) is 5.92. The maximum Gasteiger partial charge on any atom is 0.416 e. The lowest BCUT2D eigenvalue weighted by atomic mass is 10.1. The number of piperazine rings is 1. The summed E-state index contributed by atoms with van der Waals surface area (Å²) in [4.78, 5) is 11.1. The molecule has 0 saturated carbocycles. The van der Waals surface area contributed by atoms with Crippen molar-refractivity contribution in [3.05, 3.63) is 48.4 Å². The highest BCUT2D eigenvalue weighted by Gasteiger charge is 2.30. The van der Waals surface area contributed by atoms with Crippen LogP contribution in [0.4, 0.5) is 19.0 Å². The summed E-state index contributed by atoms with van der Waals surface area (Å²) in [5.41, 5.74) is 1.14. The number of anilines is 1. The average molecular weight is 347 g/mol. The van der Waals surface area contributed by atoms with Crippen LogP contribution in [0, 0.1) is 0 Å². The van der Waals surface area contributed by atoms with Crippen LogP contribution < -0.4 is 10.2 Å². The number of nitrogens with one attached hydrogen (secondary N) is 1. The third kappa shape index (κ3) is 3.05. The van der Waals surface area contributed by atoms with E-state index in [1.165, 1.54) is 12.1 Å². The molecule has 0 bridgehead atoms. The first-order valence-electron chi connectivity index (χ1n) is 7.99. The molecular weight excluding hydrogens is 331 g/mol. The van der Waals surface area contributed by atoms with Crippen molar-refractivity contribution in [1.82, 2.24) is 19.7 Å². The van der Waals surface area contributed by atoms with Gasteiger partial charge in [0.2, 0.25) is 0 Å². The minimum absolute atomic E-state index is 0.578. The Morgan fingerprint density at radius 1 is 1.04 bits per heavy atom. The molecule has 0 unspecified atom stereocenters. The Labute approximate surface area is 142 Å². The van der Waals surface area contributed by atoms with E-state index in [4.69, 9.17) is 4.98 Å². The van der Waals surface area contributed by atoms with Crippen molar-refractivity contribution in [1.29, 1.82) is 0 Å². The standard InChI is InChI=1S/C17H16F3N5/c18-17(19,20)13-3-1-12(2-4-13)15-16-22-7-10-25(16)11-14(23-15)24-8-5-21-6-9-24/h1-4,7,10-11,21H,5-6,8-9H2. The quantitative estimate of drug-likeness (QED) is 0.774. The molecule has 2 aromatic heterocycles. The van der Waals surface area contributed by atoms with Gasteiger partial charge in [-0.15, -0.1) is 0 Å². The Kier molecular flexibility index (Phi) is 3.84. The molecule has 1 fully saturated rings. The molecule has 1 N–H and O–H groups in total. The Morgan fingerprint density at radius 2 is 1.76 bits per heavy atom. The first kappa shape index (κ1) is 15.9. The highest BCUT2D eigenvalue weighted by Crippen LogP contribution is 2.32. The SMILES string of the molecule is FC(F)(F)c1ccc(-c2nc(N3CCNCC3)cn3ccnc23)cc1. The molecule has 1 aromatic carbocycles. The van der Waals surface area contributed by atoms with Gasteiger partial charge in [-0.05, 0) is 12.1 Å². The van der Waals surface area contributed by atoms with Crippen molar-refractivity contribution < 1.29 is 13.2 Å². The van der Waals surface area contributed by atoms with E-state index in [0.29, 0.717) is 16.9 Å². The first-order chi connectivity index (χ1) is 12.0. The number of aromatic nitrogens is 3. The fraction of sp³-hybridized carbons (Fsp3) is 0.294. The van der Waals surface area contributed by atoms with E-state index in [0.717, 1.165) is 44.1 Å². The van der Waals surface area contributed by atoms with Crippen LogP contribution in [-0.2, 0) is 6.18 Å². The van der Waals surface area contributed by atoms with Gasteiger partial charge in [0.15, 0.2) is 5.65 Å². The van der Waals surface area contributed by atoms with Crippen LogP contribution in [-0.4, -0.2) is 40.5 Å². The maximum absolute atomic E-state index is 12.8. The molecule has 0 aliphatic carbocycles. The summed E-state index contributed by atoms with van der Waals surface area (Å²) >= 11 is 0. The Balaban J connectivity index is 1.78. The molecular formula is C17H16F3N5. The van der Waals surface area contributed by atoms with Crippen molar-refractivity contribution in [3.8, 4) is 11.3 Å². The van der Waals surface area contributed by atoms with E-state index >= 15 is 0 Å². The predicted octanol–water partition coefficient (Wildman–Crippen LogP) is 2.82. The van der Waals surface area contributed by atoms with Crippen molar-refractivity contribution in [3.63, 3.8) is 0 Å². The van der Waals surface area contributed by atoms with Crippen LogP contribution in [0.1, 0.15) is 5.56 Å². The van der Waals surface area contributed by atoms with Gasteiger partial charge in [0.25, 0.3) is 0 Å². The topological polar surface area (TPSA) is 45.5 Å². The van der Waals surface area contributed by atoms with Gasteiger partial charge in [0, 0.05) is 44.1 Å². The lowest BCUT2D eigenvalue weighted by Gasteiger charge is -2.28. The summed E-state index contributed by atoms with van der Waals surface area (Å²) in [5.74, 6) is 0.793. The summed E-state index contributed by atoms with van der Waals surface area (Å²) < 4.78 is 40.2. The van der Waals surface area contributed by atoms with Crippen LogP contribution in [0.25, 0.3) is 16.9 Å². The summed E-state index contributed by atoms with van der Waals surface area (Å²) in [6.45, 7) is 3.41. The van der Waals surface area contributed by atoms with E-state index in [9.17, 15) is 13.2 Å². The van der Waals surface area contributed by atoms with Gasteiger partial charge in [-0.3, -0.25) is 0 Å². The minimum Gasteiger partial charge on any atom is -0.353 e. The molecule has 0 amide bonds. The molecule has 1 aliphatic heterocycles. The van der Waals surface area contributed by atoms with Crippen LogP contribution in [0.2, 0.25) is 0 Å². The molecule has 0 atom stereocenters. The Morgan fingerprint density at radius 3 is 2.44 bits per heavy atom. The van der Waals surface area contributed by atoms with Crippen LogP contribution >= 0.6 is 0 Å². The number of imidazole rings is 1. The van der Waals surface area contributed by atoms with E-state index in [1.54, 1.807) is 6.20 Å². The molecule has 8 heteroatoms. The molecule has 4 rings (SSSR count). The number of hydrogen-bond donors (Lipinski definition) is 1.